The predicted octanol–water partition coefficient (Wildman–Crippen LogP) is 4.18. The third-order valence-electron chi connectivity index (χ3n) is 4.13. The van der Waals surface area contributed by atoms with Crippen LogP contribution < -0.4 is 5.73 Å². The van der Waals surface area contributed by atoms with E-state index in [4.69, 9.17) is 5.73 Å². The lowest BCUT2D eigenvalue weighted by atomic mass is 9.92. The maximum atomic E-state index is 6.16. The smallest absolute Gasteiger partial charge is 0.0312 e. The molecular formula is C16H28N2. The van der Waals surface area contributed by atoms with E-state index in [1.165, 1.54) is 69.0 Å². The van der Waals surface area contributed by atoms with Crippen LogP contribution in [0.1, 0.15) is 75.5 Å². The average Bonchev–Trinajstić information content (AvgIpc) is 2.78. The molecule has 0 saturated carbocycles. The fourth-order valence-electron chi connectivity index (χ4n) is 2.99. The van der Waals surface area contributed by atoms with Crippen LogP contribution in [0.4, 0.5) is 0 Å². The zero-order valence-electron chi connectivity index (χ0n) is 11.8. The van der Waals surface area contributed by atoms with E-state index in [9.17, 15) is 0 Å². The van der Waals surface area contributed by atoms with E-state index < -0.39 is 0 Å². The van der Waals surface area contributed by atoms with E-state index in [1.807, 2.05) is 0 Å². The summed E-state index contributed by atoms with van der Waals surface area (Å²) in [5.41, 5.74) is 9.07. The maximum absolute atomic E-state index is 6.16. The first-order valence-electron chi connectivity index (χ1n) is 7.75. The van der Waals surface area contributed by atoms with Crippen molar-refractivity contribution in [3.63, 3.8) is 0 Å². The fraction of sp³-hybridized carbons (Fsp3) is 0.750. The molecule has 0 saturated heterocycles. The van der Waals surface area contributed by atoms with Gasteiger partial charge in [-0.1, -0.05) is 39.0 Å². The molecule has 2 nitrogen and oxygen atoms in total. The minimum absolute atomic E-state index is 0.291. The molecule has 0 aromatic carbocycles. The number of fused-ring (bicyclic) bond motifs is 1. The van der Waals surface area contributed by atoms with Crippen molar-refractivity contribution in [1.82, 2.24) is 4.57 Å². The molecule has 102 valence electrons. The second kappa shape index (κ2) is 6.98. The standard InChI is InChI=1S/C16H28N2/c1-2-3-4-5-6-7-11-18-12-14-9-8-10-16(17)15(14)13-18/h12-13,16H,2-11,17H2,1H3. The Hall–Kier alpha value is -0.760. The number of unbranched alkanes of at least 4 members (excludes halogenated alkanes) is 5. The summed E-state index contributed by atoms with van der Waals surface area (Å²) in [6, 6.07) is 0.291. The molecule has 0 fully saturated rings. The van der Waals surface area contributed by atoms with Crippen molar-refractivity contribution < 1.29 is 0 Å². The molecule has 1 atom stereocenters. The van der Waals surface area contributed by atoms with Crippen LogP contribution in [-0.4, -0.2) is 4.57 Å². The highest BCUT2D eigenvalue weighted by Crippen LogP contribution is 2.28. The summed E-state index contributed by atoms with van der Waals surface area (Å²) in [5.74, 6) is 0. The summed E-state index contributed by atoms with van der Waals surface area (Å²) < 4.78 is 2.37. The molecule has 0 bridgehead atoms. The van der Waals surface area contributed by atoms with Crippen molar-refractivity contribution >= 4 is 0 Å². The van der Waals surface area contributed by atoms with Crippen LogP contribution >= 0.6 is 0 Å². The van der Waals surface area contributed by atoms with Crippen molar-refractivity contribution in [3.8, 4) is 0 Å². The summed E-state index contributed by atoms with van der Waals surface area (Å²) in [4.78, 5) is 0. The average molecular weight is 248 g/mol. The Bertz CT molecular complexity index is 354. The topological polar surface area (TPSA) is 30.9 Å². The summed E-state index contributed by atoms with van der Waals surface area (Å²) in [6.45, 7) is 3.44. The summed E-state index contributed by atoms with van der Waals surface area (Å²) >= 11 is 0. The number of aromatic nitrogens is 1. The Morgan fingerprint density at radius 1 is 1.17 bits per heavy atom. The van der Waals surface area contributed by atoms with Crippen LogP contribution in [-0.2, 0) is 13.0 Å². The van der Waals surface area contributed by atoms with Gasteiger partial charge in [-0.05, 0) is 36.8 Å². The Morgan fingerprint density at radius 2 is 1.94 bits per heavy atom. The molecule has 0 radical (unpaired) electrons. The van der Waals surface area contributed by atoms with Crippen molar-refractivity contribution in [2.24, 2.45) is 5.73 Å². The van der Waals surface area contributed by atoms with E-state index in [1.54, 1.807) is 0 Å². The lowest BCUT2D eigenvalue weighted by Gasteiger charge is -2.17. The van der Waals surface area contributed by atoms with Gasteiger partial charge in [0.05, 0.1) is 0 Å². The number of hydrogen-bond acceptors (Lipinski definition) is 1. The first-order chi connectivity index (χ1) is 8.81. The maximum Gasteiger partial charge on any atom is 0.0312 e. The summed E-state index contributed by atoms with van der Waals surface area (Å²) in [6.07, 6.45) is 16.5. The van der Waals surface area contributed by atoms with Crippen molar-refractivity contribution in [2.75, 3.05) is 0 Å². The van der Waals surface area contributed by atoms with Gasteiger partial charge in [0.15, 0.2) is 0 Å². The zero-order valence-corrected chi connectivity index (χ0v) is 11.8. The highest BCUT2D eigenvalue weighted by molar-refractivity contribution is 5.29. The minimum Gasteiger partial charge on any atom is -0.354 e. The van der Waals surface area contributed by atoms with Crippen LogP contribution in [0.2, 0.25) is 0 Å². The molecule has 0 amide bonds. The Balaban J connectivity index is 1.73. The number of nitrogens with two attached hydrogens (primary N) is 1. The van der Waals surface area contributed by atoms with Gasteiger partial charge >= 0.3 is 0 Å². The first-order valence-corrected chi connectivity index (χ1v) is 7.75. The monoisotopic (exact) mass is 248 g/mol. The fourth-order valence-corrected chi connectivity index (χ4v) is 2.99. The van der Waals surface area contributed by atoms with E-state index in [2.05, 4.69) is 23.9 Å². The molecule has 18 heavy (non-hydrogen) atoms. The molecular weight excluding hydrogens is 220 g/mol. The van der Waals surface area contributed by atoms with E-state index in [-0.39, 0.29) is 0 Å². The predicted molar refractivity (Wildman–Crippen MR) is 77.7 cm³/mol. The quantitative estimate of drug-likeness (QED) is 0.721. The van der Waals surface area contributed by atoms with Crippen LogP contribution in [0, 0.1) is 0 Å². The molecule has 2 N–H and O–H groups in total. The molecule has 0 spiro atoms. The molecule has 1 aliphatic carbocycles. The van der Waals surface area contributed by atoms with E-state index in [0.717, 1.165) is 6.42 Å². The third-order valence-corrected chi connectivity index (χ3v) is 4.13. The summed E-state index contributed by atoms with van der Waals surface area (Å²) in [5, 5.41) is 0. The van der Waals surface area contributed by atoms with Crippen LogP contribution in [0.15, 0.2) is 12.4 Å². The van der Waals surface area contributed by atoms with Crippen molar-refractivity contribution in [3.05, 3.63) is 23.5 Å². The zero-order chi connectivity index (χ0) is 12.8. The SMILES string of the molecule is CCCCCCCCn1cc2c(c1)C(N)CCC2. The second-order valence-electron chi connectivity index (χ2n) is 5.74. The summed E-state index contributed by atoms with van der Waals surface area (Å²) in [7, 11) is 0. The van der Waals surface area contributed by atoms with Gasteiger partial charge in [0.25, 0.3) is 0 Å². The van der Waals surface area contributed by atoms with Gasteiger partial charge in [0.1, 0.15) is 0 Å². The highest BCUT2D eigenvalue weighted by atomic mass is 14.9. The molecule has 2 heteroatoms. The second-order valence-corrected chi connectivity index (χ2v) is 5.74. The normalized spacial score (nSPS) is 18.9. The van der Waals surface area contributed by atoms with Gasteiger partial charge in [0, 0.05) is 25.0 Å². The number of nitrogens with zero attached hydrogens (tertiary/aromatic N) is 1. The molecule has 1 aromatic heterocycles. The molecule has 1 heterocycles. The van der Waals surface area contributed by atoms with Crippen molar-refractivity contribution in [2.45, 2.75) is 77.3 Å². The first kappa shape index (κ1) is 13.7. The van der Waals surface area contributed by atoms with Crippen LogP contribution in [0.5, 0.6) is 0 Å². The minimum atomic E-state index is 0.291. The number of rotatable bonds is 7. The Morgan fingerprint density at radius 3 is 2.72 bits per heavy atom. The molecule has 1 unspecified atom stereocenters. The van der Waals surface area contributed by atoms with Gasteiger partial charge in [-0.25, -0.2) is 0 Å². The van der Waals surface area contributed by atoms with Crippen molar-refractivity contribution in [1.29, 1.82) is 0 Å². The van der Waals surface area contributed by atoms with Gasteiger partial charge in [0.2, 0.25) is 0 Å². The molecule has 2 rings (SSSR count). The van der Waals surface area contributed by atoms with Crippen LogP contribution in [0.25, 0.3) is 0 Å². The van der Waals surface area contributed by atoms with E-state index >= 15 is 0 Å². The number of hydrogen-bond donors (Lipinski definition) is 1. The third kappa shape index (κ3) is 3.61. The van der Waals surface area contributed by atoms with Gasteiger partial charge < -0.3 is 10.3 Å². The molecule has 0 aliphatic heterocycles. The van der Waals surface area contributed by atoms with Gasteiger partial charge in [-0.3, -0.25) is 0 Å². The van der Waals surface area contributed by atoms with E-state index in [0.29, 0.717) is 6.04 Å². The lowest BCUT2D eigenvalue weighted by molar-refractivity contribution is 0.557. The highest BCUT2D eigenvalue weighted by Gasteiger charge is 2.18. The van der Waals surface area contributed by atoms with Gasteiger partial charge in [-0.15, -0.1) is 0 Å². The van der Waals surface area contributed by atoms with Crippen LogP contribution in [0.3, 0.4) is 0 Å². The Kier molecular flexibility index (Phi) is 5.30. The number of aryl methyl sites for hydroxylation is 2. The van der Waals surface area contributed by atoms with Gasteiger partial charge in [-0.2, -0.15) is 0 Å². The largest absolute Gasteiger partial charge is 0.354 e. The molecule has 1 aromatic rings. The Labute approximate surface area is 112 Å². The lowest BCUT2D eigenvalue weighted by Crippen LogP contribution is -2.15. The molecule has 1 aliphatic rings.